The lowest BCUT2D eigenvalue weighted by atomic mass is 10.1. The molecule has 0 unspecified atom stereocenters. The Morgan fingerprint density at radius 1 is 1.11 bits per heavy atom. The maximum atomic E-state index is 5.58. The third-order valence-corrected chi connectivity index (χ3v) is 3.32. The summed E-state index contributed by atoms with van der Waals surface area (Å²) in [6.07, 6.45) is 3.89. The number of hydrogen-bond acceptors (Lipinski definition) is 3. The summed E-state index contributed by atoms with van der Waals surface area (Å²) in [5, 5.41) is 3.49. The number of nitrogens with one attached hydrogen (secondary N) is 1. The average molecular weight is 263 g/mol. The van der Waals surface area contributed by atoms with Crippen molar-refractivity contribution in [2.45, 2.75) is 39.7 Å². The molecular weight excluding hydrogens is 238 g/mol. The van der Waals surface area contributed by atoms with E-state index in [9.17, 15) is 0 Å². The van der Waals surface area contributed by atoms with Gasteiger partial charge >= 0.3 is 0 Å². The predicted octanol–water partition coefficient (Wildman–Crippen LogP) is 3.37. The van der Waals surface area contributed by atoms with Crippen LogP contribution in [0.3, 0.4) is 0 Å². The summed E-state index contributed by atoms with van der Waals surface area (Å²) >= 11 is 0. The maximum absolute atomic E-state index is 5.58. The molecule has 0 atom stereocenters. The van der Waals surface area contributed by atoms with Crippen LogP contribution in [0.15, 0.2) is 18.2 Å². The van der Waals surface area contributed by atoms with Crippen molar-refractivity contribution in [1.82, 2.24) is 5.32 Å². The Labute approximate surface area is 116 Å². The first-order valence-electron chi connectivity index (χ1n) is 7.35. The van der Waals surface area contributed by atoms with E-state index in [4.69, 9.17) is 9.47 Å². The first-order valence-corrected chi connectivity index (χ1v) is 7.35. The first kappa shape index (κ1) is 14.2. The van der Waals surface area contributed by atoms with Crippen LogP contribution >= 0.6 is 0 Å². The second-order valence-corrected chi connectivity index (χ2v) is 5.54. The fourth-order valence-electron chi connectivity index (χ4n) is 2.23. The Kier molecular flexibility index (Phi) is 5.52. The van der Waals surface area contributed by atoms with Crippen molar-refractivity contribution in [3.8, 4) is 11.5 Å². The molecule has 2 rings (SSSR count). The zero-order valence-electron chi connectivity index (χ0n) is 12.1. The molecule has 0 saturated carbocycles. The van der Waals surface area contributed by atoms with Gasteiger partial charge in [0.1, 0.15) is 13.2 Å². The molecule has 106 valence electrons. The predicted molar refractivity (Wildman–Crippen MR) is 77.8 cm³/mol. The molecule has 0 fully saturated rings. The van der Waals surface area contributed by atoms with Gasteiger partial charge in [-0.1, -0.05) is 32.8 Å². The summed E-state index contributed by atoms with van der Waals surface area (Å²) in [6.45, 7) is 7.85. The smallest absolute Gasteiger partial charge is 0.161 e. The molecule has 1 aromatic carbocycles. The van der Waals surface area contributed by atoms with E-state index in [-0.39, 0.29) is 0 Å². The number of rotatable bonds is 7. The van der Waals surface area contributed by atoms with E-state index < -0.39 is 0 Å². The summed E-state index contributed by atoms with van der Waals surface area (Å²) < 4.78 is 11.1. The molecule has 0 aliphatic carbocycles. The zero-order valence-corrected chi connectivity index (χ0v) is 12.1. The van der Waals surface area contributed by atoms with Gasteiger partial charge in [-0.15, -0.1) is 0 Å². The topological polar surface area (TPSA) is 30.5 Å². The summed E-state index contributed by atoms with van der Waals surface area (Å²) in [5.74, 6) is 2.56. The lowest BCUT2D eigenvalue weighted by molar-refractivity contribution is 0.171. The highest BCUT2D eigenvalue weighted by Gasteiger charge is 2.11. The van der Waals surface area contributed by atoms with E-state index in [1.54, 1.807) is 0 Å². The third-order valence-electron chi connectivity index (χ3n) is 3.32. The molecular formula is C16H25NO2. The standard InChI is InChI=1S/C16H25NO2/c1-13(2)5-3-4-8-17-12-14-6-7-15-16(11-14)19-10-9-18-15/h6-7,11,13,17H,3-5,8-10,12H2,1-2H3. The molecule has 0 spiro atoms. The molecule has 3 heteroatoms. The molecule has 0 amide bonds. The highest BCUT2D eigenvalue weighted by atomic mass is 16.6. The van der Waals surface area contributed by atoms with Crippen molar-refractivity contribution in [1.29, 1.82) is 0 Å². The first-order chi connectivity index (χ1) is 9.25. The number of benzene rings is 1. The van der Waals surface area contributed by atoms with Crippen molar-refractivity contribution in [2.75, 3.05) is 19.8 Å². The summed E-state index contributed by atoms with van der Waals surface area (Å²) in [4.78, 5) is 0. The molecule has 0 bridgehead atoms. The number of ether oxygens (including phenoxy) is 2. The minimum Gasteiger partial charge on any atom is -0.486 e. The van der Waals surface area contributed by atoms with Crippen molar-refractivity contribution in [3.63, 3.8) is 0 Å². The molecule has 1 heterocycles. The molecule has 1 aromatic rings. The van der Waals surface area contributed by atoms with Crippen LogP contribution in [0.5, 0.6) is 11.5 Å². The second kappa shape index (κ2) is 7.39. The van der Waals surface area contributed by atoms with Gasteiger partial charge in [-0.2, -0.15) is 0 Å². The zero-order chi connectivity index (χ0) is 13.5. The van der Waals surface area contributed by atoms with Crippen LogP contribution in [0.1, 0.15) is 38.7 Å². The van der Waals surface area contributed by atoms with E-state index in [0.29, 0.717) is 13.2 Å². The van der Waals surface area contributed by atoms with Crippen molar-refractivity contribution < 1.29 is 9.47 Å². The normalized spacial score (nSPS) is 13.8. The largest absolute Gasteiger partial charge is 0.486 e. The minimum absolute atomic E-state index is 0.652. The summed E-state index contributed by atoms with van der Waals surface area (Å²) in [6, 6.07) is 6.19. The Hall–Kier alpha value is -1.22. The minimum atomic E-state index is 0.652. The molecule has 1 aliphatic heterocycles. The van der Waals surface area contributed by atoms with Gasteiger partial charge in [0.25, 0.3) is 0 Å². The van der Waals surface area contributed by atoms with Crippen LogP contribution in [0.2, 0.25) is 0 Å². The Morgan fingerprint density at radius 2 is 1.89 bits per heavy atom. The van der Waals surface area contributed by atoms with E-state index in [1.165, 1.54) is 24.8 Å². The third kappa shape index (κ3) is 4.75. The van der Waals surface area contributed by atoms with Gasteiger partial charge in [0, 0.05) is 6.54 Å². The summed E-state index contributed by atoms with van der Waals surface area (Å²) in [5.41, 5.74) is 1.26. The van der Waals surface area contributed by atoms with E-state index in [0.717, 1.165) is 30.5 Å². The van der Waals surface area contributed by atoms with Crippen LogP contribution < -0.4 is 14.8 Å². The van der Waals surface area contributed by atoms with Gasteiger partial charge in [0.15, 0.2) is 11.5 Å². The highest BCUT2D eigenvalue weighted by molar-refractivity contribution is 5.43. The van der Waals surface area contributed by atoms with Crippen molar-refractivity contribution >= 4 is 0 Å². The lowest BCUT2D eigenvalue weighted by Gasteiger charge is -2.19. The highest BCUT2D eigenvalue weighted by Crippen LogP contribution is 2.30. The van der Waals surface area contributed by atoms with Gasteiger partial charge < -0.3 is 14.8 Å². The van der Waals surface area contributed by atoms with E-state index in [1.807, 2.05) is 6.07 Å². The number of fused-ring (bicyclic) bond motifs is 1. The van der Waals surface area contributed by atoms with Gasteiger partial charge in [-0.25, -0.2) is 0 Å². The average Bonchev–Trinajstić information content (AvgIpc) is 2.42. The molecule has 1 N–H and O–H groups in total. The summed E-state index contributed by atoms with van der Waals surface area (Å²) in [7, 11) is 0. The number of unbranched alkanes of at least 4 members (excludes halogenated alkanes) is 1. The monoisotopic (exact) mass is 263 g/mol. The molecule has 3 nitrogen and oxygen atoms in total. The van der Waals surface area contributed by atoms with Crippen LogP contribution in [0.25, 0.3) is 0 Å². The Bertz CT molecular complexity index is 390. The molecule has 0 aromatic heterocycles. The molecule has 0 saturated heterocycles. The molecule has 1 aliphatic rings. The second-order valence-electron chi connectivity index (χ2n) is 5.54. The quantitative estimate of drug-likeness (QED) is 0.765. The van der Waals surface area contributed by atoms with Gasteiger partial charge in [-0.3, -0.25) is 0 Å². The SMILES string of the molecule is CC(C)CCCCNCc1ccc2c(c1)OCCO2. The van der Waals surface area contributed by atoms with Gasteiger partial charge in [0.05, 0.1) is 0 Å². The molecule has 19 heavy (non-hydrogen) atoms. The van der Waals surface area contributed by atoms with Crippen LogP contribution in [0, 0.1) is 5.92 Å². The number of hydrogen-bond donors (Lipinski definition) is 1. The van der Waals surface area contributed by atoms with Gasteiger partial charge in [0.2, 0.25) is 0 Å². The van der Waals surface area contributed by atoms with Crippen molar-refractivity contribution in [2.24, 2.45) is 5.92 Å². The fourth-order valence-corrected chi connectivity index (χ4v) is 2.23. The molecule has 0 radical (unpaired) electrons. The van der Waals surface area contributed by atoms with Gasteiger partial charge in [-0.05, 0) is 36.6 Å². The van der Waals surface area contributed by atoms with Crippen LogP contribution in [-0.4, -0.2) is 19.8 Å². The van der Waals surface area contributed by atoms with Crippen LogP contribution in [-0.2, 0) is 6.54 Å². The lowest BCUT2D eigenvalue weighted by Crippen LogP contribution is -2.17. The Balaban J connectivity index is 1.68. The Morgan fingerprint density at radius 3 is 2.68 bits per heavy atom. The van der Waals surface area contributed by atoms with Crippen molar-refractivity contribution in [3.05, 3.63) is 23.8 Å². The fraction of sp³-hybridized carbons (Fsp3) is 0.625. The van der Waals surface area contributed by atoms with E-state index >= 15 is 0 Å². The maximum Gasteiger partial charge on any atom is 0.161 e. The van der Waals surface area contributed by atoms with Crippen LogP contribution in [0.4, 0.5) is 0 Å². The van der Waals surface area contributed by atoms with E-state index in [2.05, 4.69) is 31.3 Å².